The fraction of sp³-hybridized carbons (Fsp3) is 0. The molecule has 0 spiro atoms. The van der Waals surface area contributed by atoms with Crippen LogP contribution in [-0.2, 0) is 0 Å². The van der Waals surface area contributed by atoms with Crippen molar-refractivity contribution in [1.29, 1.82) is 0 Å². The Morgan fingerprint density at radius 3 is 2.67 bits per heavy atom. The lowest BCUT2D eigenvalue weighted by Crippen LogP contribution is -1.98. The summed E-state index contributed by atoms with van der Waals surface area (Å²) in [6.45, 7) is 0. The molecule has 0 saturated carbocycles. The SMILES string of the molecule is O=C(O)c1nn2c(-c3ccc(F)cc3)nnc2s1. The van der Waals surface area contributed by atoms with Gasteiger partial charge in [-0.15, -0.1) is 15.3 Å². The average Bonchev–Trinajstić information content (AvgIpc) is 2.89. The van der Waals surface area contributed by atoms with Crippen molar-refractivity contribution < 1.29 is 14.3 Å². The van der Waals surface area contributed by atoms with E-state index in [1.54, 1.807) is 0 Å². The van der Waals surface area contributed by atoms with Crippen LogP contribution in [0.1, 0.15) is 9.80 Å². The minimum absolute atomic E-state index is 0.0664. The quantitative estimate of drug-likeness (QED) is 0.761. The molecule has 18 heavy (non-hydrogen) atoms. The van der Waals surface area contributed by atoms with Crippen LogP contribution in [0, 0.1) is 5.82 Å². The van der Waals surface area contributed by atoms with Crippen LogP contribution in [0.15, 0.2) is 24.3 Å². The number of halogens is 1. The van der Waals surface area contributed by atoms with Gasteiger partial charge in [-0.2, -0.15) is 4.52 Å². The van der Waals surface area contributed by atoms with E-state index >= 15 is 0 Å². The van der Waals surface area contributed by atoms with Crippen molar-refractivity contribution in [3.63, 3.8) is 0 Å². The molecule has 0 atom stereocenters. The van der Waals surface area contributed by atoms with Crippen molar-refractivity contribution >= 4 is 22.3 Å². The minimum Gasteiger partial charge on any atom is -0.476 e. The van der Waals surface area contributed by atoms with Crippen LogP contribution in [0.25, 0.3) is 16.3 Å². The molecule has 0 aliphatic carbocycles. The molecule has 1 aromatic carbocycles. The van der Waals surface area contributed by atoms with Crippen molar-refractivity contribution in [3.05, 3.63) is 35.1 Å². The summed E-state index contributed by atoms with van der Waals surface area (Å²) in [5.74, 6) is -1.09. The van der Waals surface area contributed by atoms with Gasteiger partial charge in [-0.3, -0.25) is 0 Å². The molecular weight excluding hydrogens is 259 g/mol. The van der Waals surface area contributed by atoms with E-state index in [0.717, 1.165) is 11.3 Å². The third-order valence-corrected chi connectivity index (χ3v) is 3.16. The molecule has 2 aromatic heterocycles. The van der Waals surface area contributed by atoms with Crippen molar-refractivity contribution in [2.45, 2.75) is 0 Å². The summed E-state index contributed by atoms with van der Waals surface area (Å²) in [7, 11) is 0. The summed E-state index contributed by atoms with van der Waals surface area (Å²) < 4.78 is 14.2. The number of hydrogen-bond acceptors (Lipinski definition) is 5. The zero-order valence-corrected chi connectivity index (χ0v) is 9.56. The topological polar surface area (TPSA) is 80.4 Å². The fourth-order valence-corrected chi connectivity index (χ4v) is 2.16. The summed E-state index contributed by atoms with van der Waals surface area (Å²) in [4.78, 5) is 11.2. The van der Waals surface area contributed by atoms with Gasteiger partial charge in [0.25, 0.3) is 0 Å². The highest BCUT2D eigenvalue weighted by molar-refractivity contribution is 7.18. The maximum atomic E-state index is 12.8. The Kier molecular flexibility index (Phi) is 2.30. The maximum Gasteiger partial charge on any atom is 0.367 e. The molecule has 0 saturated heterocycles. The zero-order valence-electron chi connectivity index (χ0n) is 8.74. The lowest BCUT2D eigenvalue weighted by atomic mass is 10.2. The van der Waals surface area contributed by atoms with E-state index in [1.165, 1.54) is 28.8 Å². The number of rotatable bonds is 2. The van der Waals surface area contributed by atoms with Gasteiger partial charge < -0.3 is 5.11 Å². The highest BCUT2D eigenvalue weighted by Gasteiger charge is 2.16. The number of carbonyl (C=O) groups is 1. The molecule has 0 aliphatic heterocycles. The van der Waals surface area contributed by atoms with E-state index in [9.17, 15) is 9.18 Å². The van der Waals surface area contributed by atoms with Gasteiger partial charge in [0, 0.05) is 5.56 Å². The molecule has 3 rings (SSSR count). The molecule has 0 amide bonds. The smallest absolute Gasteiger partial charge is 0.367 e. The first kappa shape index (κ1) is 10.8. The second-order valence-corrected chi connectivity index (χ2v) is 4.39. The van der Waals surface area contributed by atoms with E-state index in [1.807, 2.05) is 0 Å². The molecule has 2 heterocycles. The first-order chi connectivity index (χ1) is 8.65. The number of fused-ring (bicyclic) bond motifs is 1. The standard InChI is InChI=1S/C10H5FN4O2S/c11-6-3-1-5(2-4-6)7-12-13-10-15(7)14-8(18-10)9(16)17/h1-4H,(H,16,17). The van der Waals surface area contributed by atoms with Crippen LogP contribution in [0.4, 0.5) is 4.39 Å². The molecule has 90 valence electrons. The summed E-state index contributed by atoms with van der Waals surface area (Å²) in [6.07, 6.45) is 0. The highest BCUT2D eigenvalue weighted by atomic mass is 32.1. The monoisotopic (exact) mass is 264 g/mol. The van der Waals surface area contributed by atoms with E-state index in [4.69, 9.17) is 5.11 Å². The lowest BCUT2D eigenvalue weighted by molar-refractivity contribution is 0.0695. The van der Waals surface area contributed by atoms with Gasteiger partial charge in [-0.1, -0.05) is 11.3 Å². The van der Waals surface area contributed by atoms with Gasteiger partial charge in [-0.05, 0) is 24.3 Å². The Labute approximate surface area is 103 Å². The van der Waals surface area contributed by atoms with E-state index < -0.39 is 5.97 Å². The van der Waals surface area contributed by atoms with Gasteiger partial charge in [0.15, 0.2) is 5.82 Å². The molecule has 3 aromatic rings. The van der Waals surface area contributed by atoms with Crippen LogP contribution in [0.3, 0.4) is 0 Å². The molecule has 1 N–H and O–H groups in total. The normalized spacial score (nSPS) is 10.9. The van der Waals surface area contributed by atoms with Gasteiger partial charge in [0.1, 0.15) is 5.82 Å². The van der Waals surface area contributed by atoms with E-state index in [0.29, 0.717) is 16.3 Å². The molecule has 6 nitrogen and oxygen atoms in total. The van der Waals surface area contributed by atoms with Crippen LogP contribution in [0.2, 0.25) is 0 Å². The van der Waals surface area contributed by atoms with E-state index in [-0.39, 0.29) is 10.8 Å². The predicted octanol–water partition coefficient (Wildman–Crippen LogP) is 1.69. The second kappa shape index (κ2) is 3.84. The Balaban J connectivity index is 2.17. The lowest BCUT2D eigenvalue weighted by Gasteiger charge is -1.95. The largest absolute Gasteiger partial charge is 0.476 e. The number of aromatic nitrogens is 4. The summed E-state index contributed by atoms with van der Waals surface area (Å²) in [6, 6.07) is 5.65. The van der Waals surface area contributed by atoms with Gasteiger partial charge >= 0.3 is 5.97 Å². The summed E-state index contributed by atoms with van der Waals surface area (Å²) in [5, 5.41) is 20.4. The Bertz CT molecular complexity index is 734. The molecule has 0 aliphatic rings. The Morgan fingerprint density at radius 2 is 2.00 bits per heavy atom. The zero-order chi connectivity index (χ0) is 12.7. The number of nitrogens with zero attached hydrogens (tertiary/aromatic N) is 4. The average molecular weight is 264 g/mol. The first-order valence-electron chi connectivity index (χ1n) is 4.86. The predicted molar refractivity (Wildman–Crippen MR) is 61.0 cm³/mol. The molecule has 0 unspecified atom stereocenters. The van der Waals surface area contributed by atoms with Crippen molar-refractivity contribution in [2.75, 3.05) is 0 Å². The maximum absolute atomic E-state index is 12.8. The molecular formula is C10H5FN4O2S. The summed E-state index contributed by atoms with van der Waals surface area (Å²) >= 11 is 0.929. The van der Waals surface area contributed by atoms with Gasteiger partial charge in [0.2, 0.25) is 9.97 Å². The molecule has 0 bridgehead atoms. The second-order valence-electron chi connectivity index (χ2n) is 3.44. The van der Waals surface area contributed by atoms with Crippen LogP contribution < -0.4 is 0 Å². The molecule has 0 radical (unpaired) electrons. The number of benzene rings is 1. The van der Waals surface area contributed by atoms with Crippen LogP contribution in [-0.4, -0.2) is 30.9 Å². The first-order valence-corrected chi connectivity index (χ1v) is 5.68. The fourth-order valence-electron chi connectivity index (χ4n) is 1.48. The van der Waals surface area contributed by atoms with Crippen LogP contribution in [0.5, 0.6) is 0 Å². The van der Waals surface area contributed by atoms with E-state index in [2.05, 4.69) is 15.3 Å². The van der Waals surface area contributed by atoms with Crippen molar-refractivity contribution in [2.24, 2.45) is 0 Å². The van der Waals surface area contributed by atoms with Gasteiger partial charge in [-0.25, -0.2) is 9.18 Å². The molecule has 8 heteroatoms. The van der Waals surface area contributed by atoms with Gasteiger partial charge in [0.05, 0.1) is 0 Å². The number of carboxylic acids is 1. The Morgan fingerprint density at radius 1 is 1.28 bits per heavy atom. The number of aromatic carboxylic acids is 1. The Hall–Kier alpha value is -2.35. The molecule has 0 fully saturated rings. The van der Waals surface area contributed by atoms with Crippen LogP contribution >= 0.6 is 11.3 Å². The highest BCUT2D eigenvalue weighted by Crippen LogP contribution is 2.21. The minimum atomic E-state index is -1.12. The number of carboxylic acid groups (broad SMARTS) is 1. The van der Waals surface area contributed by atoms with Crippen molar-refractivity contribution in [1.82, 2.24) is 19.8 Å². The van der Waals surface area contributed by atoms with Crippen molar-refractivity contribution in [3.8, 4) is 11.4 Å². The summed E-state index contributed by atoms with van der Waals surface area (Å²) in [5.41, 5.74) is 0.617. The third-order valence-electron chi connectivity index (χ3n) is 2.28. The number of hydrogen-bond donors (Lipinski definition) is 1. The third kappa shape index (κ3) is 1.63.